The Morgan fingerprint density at radius 2 is 1.77 bits per heavy atom. The van der Waals surface area contributed by atoms with E-state index in [2.05, 4.69) is 43.1 Å². The van der Waals surface area contributed by atoms with Crippen LogP contribution in [-0.2, 0) is 0 Å². The zero-order chi connectivity index (χ0) is 9.26. The summed E-state index contributed by atoms with van der Waals surface area (Å²) in [7, 11) is 0. The number of nitrogens with zero attached hydrogens (tertiary/aromatic N) is 1. The van der Waals surface area contributed by atoms with Crippen molar-refractivity contribution < 1.29 is 0 Å². The highest BCUT2D eigenvalue weighted by molar-refractivity contribution is 5.98. The van der Waals surface area contributed by atoms with E-state index in [0.29, 0.717) is 0 Å². The third kappa shape index (κ3) is 1.55. The van der Waals surface area contributed by atoms with Gasteiger partial charge in [-0.1, -0.05) is 30.3 Å². The lowest BCUT2D eigenvalue weighted by Crippen LogP contribution is -1.87. The van der Waals surface area contributed by atoms with Gasteiger partial charge in [0.05, 0.1) is 0 Å². The van der Waals surface area contributed by atoms with Crippen LogP contribution in [0.25, 0.3) is 5.57 Å². The van der Waals surface area contributed by atoms with Gasteiger partial charge in [0.25, 0.3) is 0 Å². The molecule has 1 nitrogen and oxygen atoms in total. The van der Waals surface area contributed by atoms with Gasteiger partial charge in [0, 0.05) is 17.8 Å². The van der Waals surface area contributed by atoms with E-state index >= 15 is 0 Å². The first-order valence-electron chi connectivity index (χ1n) is 4.57. The average molecular weight is 171 g/mol. The van der Waals surface area contributed by atoms with Gasteiger partial charge in [-0.25, -0.2) is 0 Å². The zero-order valence-electron chi connectivity index (χ0n) is 8.04. The van der Waals surface area contributed by atoms with Crippen LogP contribution in [0.5, 0.6) is 0 Å². The molecule has 0 saturated carbocycles. The van der Waals surface area contributed by atoms with Crippen molar-refractivity contribution in [3.63, 3.8) is 0 Å². The molecule has 0 bridgehead atoms. The highest BCUT2D eigenvalue weighted by Crippen LogP contribution is 2.28. The van der Waals surface area contributed by atoms with Crippen molar-refractivity contribution in [3.05, 3.63) is 41.6 Å². The van der Waals surface area contributed by atoms with E-state index in [9.17, 15) is 0 Å². The third-order valence-corrected chi connectivity index (χ3v) is 2.35. The van der Waals surface area contributed by atoms with Crippen molar-refractivity contribution in [1.82, 2.24) is 0 Å². The minimum Gasteiger partial charge on any atom is -0.262 e. The van der Waals surface area contributed by atoms with Crippen LogP contribution in [0.3, 0.4) is 0 Å². The van der Waals surface area contributed by atoms with Crippen LogP contribution in [0, 0.1) is 0 Å². The van der Waals surface area contributed by atoms with Gasteiger partial charge >= 0.3 is 0 Å². The van der Waals surface area contributed by atoms with Crippen molar-refractivity contribution in [2.45, 2.75) is 20.3 Å². The van der Waals surface area contributed by atoms with E-state index in [1.54, 1.807) is 0 Å². The summed E-state index contributed by atoms with van der Waals surface area (Å²) in [6, 6.07) is 10.5. The molecular formula is C12H13N. The Labute approximate surface area is 78.8 Å². The topological polar surface area (TPSA) is 12.4 Å². The molecular weight excluding hydrogens is 158 g/mol. The molecule has 0 saturated heterocycles. The van der Waals surface area contributed by atoms with Gasteiger partial charge in [-0.05, 0) is 25.0 Å². The molecule has 1 aromatic carbocycles. The highest BCUT2D eigenvalue weighted by Gasteiger charge is 2.12. The van der Waals surface area contributed by atoms with Gasteiger partial charge in [0.1, 0.15) is 0 Å². The van der Waals surface area contributed by atoms with E-state index in [0.717, 1.165) is 6.42 Å². The molecule has 0 atom stereocenters. The molecule has 1 aromatic rings. The molecule has 0 N–H and O–H groups in total. The summed E-state index contributed by atoms with van der Waals surface area (Å²) in [4.78, 5) is 4.44. The molecule has 0 radical (unpaired) electrons. The SMILES string of the molecule is CC1=NC(C)=C(c2ccccc2)C1. The quantitative estimate of drug-likeness (QED) is 0.615. The fourth-order valence-corrected chi connectivity index (χ4v) is 1.73. The van der Waals surface area contributed by atoms with E-state index < -0.39 is 0 Å². The molecule has 0 spiro atoms. The summed E-state index contributed by atoms with van der Waals surface area (Å²) in [6.45, 7) is 4.16. The van der Waals surface area contributed by atoms with Gasteiger partial charge in [0.2, 0.25) is 0 Å². The van der Waals surface area contributed by atoms with Crippen LogP contribution in [0.15, 0.2) is 41.0 Å². The fraction of sp³-hybridized carbons (Fsp3) is 0.250. The van der Waals surface area contributed by atoms with Gasteiger partial charge < -0.3 is 0 Å². The Hall–Kier alpha value is -1.37. The smallest absolute Gasteiger partial charge is 0.0413 e. The number of benzene rings is 1. The molecule has 66 valence electrons. The minimum absolute atomic E-state index is 1.01. The van der Waals surface area contributed by atoms with Crippen LogP contribution in [0.4, 0.5) is 0 Å². The van der Waals surface area contributed by atoms with E-state index in [1.165, 1.54) is 22.5 Å². The van der Waals surface area contributed by atoms with Crippen LogP contribution >= 0.6 is 0 Å². The second-order valence-corrected chi connectivity index (χ2v) is 3.45. The number of rotatable bonds is 1. The Morgan fingerprint density at radius 3 is 2.31 bits per heavy atom. The summed E-state index contributed by atoms with van der Waals surface area (Å²) in [5.74, 6) is 0. The third-order valence-electron chi connectivity index (χ3n) is 2.35. The lowest BCUT2D eigenvalue weighted by atomic mass is 10.0. The Morgan fingerprint density at radius 1 is 1.08 bits per heavy atom. The maximum absolute atomic E-state index is 4.44. The normalized spacial score (nSPS) is 16.3. The molecule has 0 aliphatic carbocycles. The van der Waals surface area contributed by atoms with E-state index in [-0.39, 0.29) is 0 Å². The largest absolute Gasteiger partial charge is 0.262 e. The van der Waals surface area contributed by atoms with Gasteiger partial charge in [-0.15, -0.1) is 0 Å². The zero-order valence-corrected chi connectivity index (χ0v) is 8.04. The summed E-state index contributed by atoms with van der Waals surface area (Å²) in [5, 5.41) is 0. The first-order valence-corrected chi connectivity index (χ1v) is 4.57. The molecule has 0 unspecified atom stereocenters. The summed E-state index contributed by atoms with van der Waals surface area (Å²) in [6.07, 6.45) is 1.01. The van der Waals surface area contributed by atoms with Crippen LogP contribution in [0.1, 0.15) is 25.8 Å². The number of hydrogen-bond donors (Lipinski definition) is 0. The Bertz CT molecular complexity index is 371. The predicted molar refractivity (Wildman–Crippen MR) is 56.8 cm³/mol. The monoisotopic (exact) mass is 171 g/mol. The first-order chi connectivity index (χ1) is 6.27. The molecule has 2 rings (SSSR count). The first kappa shape index (κ1) is 8.24. The van der Waals surface area contributed by atoms with Gasteiger partial charge in [-0.3, -0.25) is 4.99 Å². The second-order valence-electron chi connectivity index (χ2n) is 3.45. The molecule has 13 heavy (non-hydrogen) atoms. The summed E-state index contributed by atoms with van der Waals surface area (Å²) >= 11 is 0. The predicted octanol–water partition coefficient (Wildman–Crippen LogP) is 3.28. The van der Waals surface area contributed by atoms with Gasteiger partial charge in [-0.2, -0.15) is 0 Å². The lowest BCUT2D eigenvalue weighted by molar-refractivity contribution is 1.33. The average Bonchev–Trinajstić information content (AvgIpc) is 2.47. The van der Waals surface area contributed by atoms with Crippen LogP contribution < -0.4 is 0 Å². The van der Waals surface area contributed by atoms with Crippen LogP contribution in [0.2, 0.25) is 0 Å². The van der Waals surface area contributed by atoms with E-state index in [1.807, 2.05) is 6.07 Å². The maximum Gasteiger partial charge on any atom is 0.0413 e. The molecule has 0 amide bonds. The van der Waals surface area contributed by atoms with Gasteiger partial charge in [0.15, 0.2) is 0 Å². The molecule has 1 aliphatic rings. The minimum atomic E-state index is 1.01. The molecule has 0 aromatic heterocycles. The molecule has 1 heterocycles. The number of allylic oxidation sites excluding steroid dienone is 2. The Balaban J connectivity index is 2.36. The lowest BCUT2D eigenvalue weighted by Gasteiger charge is -2.02. The number of hydrogen-bond acceptors (Lipinski definition) is 1. The van der Waals surface area contributed by atoms with Crippen molar-refractivity contribution in [2.24, 2.45) is 4.99 Å². The van der Waals surface area contributed by atoms with Crippen molar-refractivity contribution in [1.29, 1.82) is 0 Å². The van der Waals surface area contributed by atoms with Crippen molar-refractivity contribution in [3.8, 4) is 0 Å². The van der Waals surface area contributed by atoms with E-state index in [4.69, 9.17) is 0 Å². The standard InChI is InChI=1S/C12H13N/c1-9-8-12(10(2)13-9)11-6-4-3-5-7-11/h3-7H,8H2,1-2H3. The fourth-order valence-electron chi connectivity index (χ4n) is 1.73. The highest BCUT2D eigenvalue weighted by atomic mass is 14.8. The second kappa shape index (κ2) is 3.17. The maximum atomic E-state index is 4.44. The number of aliphatic imine (C=N–C) groups is 1. The summed E-state index contributed by atoms with van der Waals surface area (Å²) in [5.41, 5.74) is 5.07. The van der Waals surface area contributed by atoms with Crippen molar-refractivity contribution >= 4 is 11.3 Å². The Kier molecular flexibility index (Phi) is 2.01. The molecule has 1 heteroatoms. The summed E-state index contributed by atoms with van der Waals surface area (Å²) < 4.78 is 0. The van der Waals surface area contributed by atoms with Crippen LogP contribution in [-0.4, -0.2) is 5.71 Å². The molecule has 1 aliphatic heterocycles. The molecule has 0 fully saturated rings. The van der Waals surface area contributed by atoms with Crippen molar-refractivity contribution in [2.75, 3.05) is 0 Å².